The highest BCUT2D eigenvalue weighted by Crippen LogP contribution is 2.61. The van der Waals surface area contributed by atoms with Crippen molar-refractivity contribution in [2.75, 3.05) is 0 Å². The summed E-state index contributed by atoms with van der Waals surface area (Å²) in [6.45, 7) is 0.0282. The maximum atomic E-state index is 13.2. The number of carbonyl (C=O) groups is 2. The van der Waals surface area contributed by atoms with Gasteiger partial charge in [-0.25, -0.2) is 8.78 Å². The van der Waals surface area contributed by atoms with Gasteiger partial charge in [-0.2, -0.15) is 0 Å². The van der Waals surface area contributed by atoms with Gasteiger partial charge in [-0.3, -0.25) is 9.59 Å². The van der Waals surface area contributed by atoms with Gasteiger partial charge in [-0.05, 0) is 60.1 Å². The Balaban J connectivity index is 0.00000240. The number of carbonyl (C=O) groups excluding carboxylic acids is 2. The lowest BCUT2D eigenvalue weighted by Gasteiger charge is -2.14. The van der Waals surface area contributed by atoms with E-state index in [-0.39, 0.29) is 72.9 Å². The number of halogens is 3. The van der Waals surface area contributed by atoms with E-state index in [0.29, 0.717) is 17.5 Å². The minimum atomic E-state index is -0.377. The first-order valence-corrected chi connectivity index (χ1v) is 9.35. The first-order chi connectivity index (χ1) is 13.5. The second-order valence-corrected chi connectivity index (χ2v) is 7.43. The molecule has 2 saturated carbocycles. The van der Waals surface area contributed by atoms with Gasteiger partial charge in [0.2, 0.25) is 0 Å². The molecule has 0 amide bonds. The Morgan fingerprint density at radius 2 is 1.41 bits per heavy atom. The van der Waals surface area contributed by atoms with Gasteiger partial charge in [-0.1, -0.05) is 24.3 Å². The second kappa shape index (κ2) is 8.91. The topological polar surface area (TPSA) is 52.6 Å². The fourth-order valence-electron chi connectivity index (χ4n) is 4.26. The smallest absolute Gasteiger partial charge is 0.309 e. The van der Waals surface area contributed by atoms with Gasteiger partial charge in [0.25, 0.3) is 0 Å². The molecule has 0 heterocycles. The van der Waals surface area contributed by atoms with E-state index in [0.717, 1.165) is 6.42 Å². The van der Waals surface area contributed by atoms with Crippen molar-refractivity contribution >= 4 is 24.3 Å². The molecule has 4 atom stereocenters. The van der Waals surface area contributed by atoms with Gasteiger partial charge in [0.1, 0.15) is 24.8 Å². The van der Waals surface area contributed by atoms with E-state index < -0.39 is 0 Å². The van der Waals surface area contributed by atoms with Crippen LogP contribution in [0.3, 0.4) is 0 Å². The van der Waals surface area contributed by atoms with Crippen LogP contribution in [0.15, 0.2) is 48.5 Å². The predicted molar refractivity (Wildman–Crippen MR) is 103 cm³/mol. The minimum absolute atomic E-state index is 0. The first-order valence-electron chi connectivity index (χ1n) is 9.35. The van der Waals surface area contributed by atoms with E-state index in [1.165, 1.54) is 24.3 Å². The third kappa shape index (κ3) is 4.75. The van der Waals surface area contributed by atoms with Gasteiger partial charge in [-0.15, -0.1) is 12.4 Å². The fraction of sp³-hybridized carbons (Fsp3) is 0.364. The number of hydrogen-bond donors (Lipinski definition) is 0. The van der Waals surface area contributed by atoms with Crippen molar-refractivity contribution in [3.8, 4) is 0 Å². The summed E-state index contributed by atoms with van der Waals surface area (Å²) in [6, 6.07) is 11.8. The van der Waals surface area contributed by atoms with Crippen molar-refractivity contribution in [3.63, 3.8) is 0 Å². The molecule has 0 radical (unpaired) electrons. The molecule has 0 saturated heterocycles. The molecule has 154 valence electrons. The van der Waals surface area contributed by atoms with Crippen LogP contribution in [0.25, 0.3) is 0 Å². The zero-order valence-electron chi connectivity index (χ0n) is 15.6. The second-order valence-electron chi connectivity index (χ2n) is 7.43. The molecule has 4 nitrogen and oxygen atoms in total. The molecule has 4 unspecified atom stereocenters. The molecule has 2 aliphatic rings. The number of benzene rings is 2. The third-order valence-electron chi connectivity index (χ3n) is 5.62. The summed E-state index contributed by atoms with van der Waals surface area (Å²) >= 11 is 0. The number of fused-ring (bicyclic) bond motifs is 1. The zero-order chi connectivity index (χ0) is 19.7. The van der Waals surface area contributed by atoms with E-state index >= 15 is 0 Å². The monoisotopic (exact) mass is 422 g/mol. The van der Waals surface area contributed by atoms with Gasteiger partial charge in [0.15, 0.2) is 0 Å². The quantitative estimate of drug-likeness (QED) is 0.645. The van der Waals surface area contributed by atoms with Crippen molar-refractivity contribution in [1.29, 1.82) is 0 Å². The van der Waals surface area contributed by atoms with Gasteiger partial charge >= 0.3 is 11.9 Å². The van der Waals surface area contributed by atoms with E-state index in [1.807, 2.05) is 0 Å². The lowest BCUT2D eigenvalue weighted by molar-refractivity contribution is -0.152. The number of rotatable bonds is 6. The predicted octanol–water partition coefficient (Wildman–Crippen LogP) is 4.45. The Morgan fingerprint density at radius 3 is 1.97 bits per heavy atom. The number of ether oxygens (including phenoxy) is 2. The van der Waals surface area contributed by atoms with Crippen LogP contribution in [0, 0.1) is 35.3 Å². The van der Waals surface area contributed by atoms with Crippen LogP contribution in [0.5, 0.6) is 0 Å². The van der Waals surface area contributed by atoms with Crippen molar-refractivity contribution in [1.82, 2.24) is 0 Å². The summed E-state index contributed by atoms with van der Waals surface area (Å²) in [4.78, 5) is 24.8. The van der Waals surface area contributed by atoms with Crippen molar-refractivity contribution in [2.24, 2.45) is 23.7 Å². The largest absolute Gasteiger partial charge is 0.461 e. The fourth-order valence-corrected chi connectivity index (χ4v) is 4.26. The Hall–Kier alpha value is -2.47. The highest BCUT2D eigenvalue weighted by atomic mass is 35.5. The van der Waals surface area contributed by atoms with Gasteiger partial charge in [0.05, 0.1) is 11.8 Å². The van der Waals surface area contributed by atoms with E-state index in [2.05, 4.69) is 0 Å². The van der Waals surface area contributed by atoms with Crippen LogP contribution in [0.1, 0.15) is 24.0 Å². The van der Waals surface area contributed by atoms with Crippen LogP contribution in [0.4, 0.5) is 8.78 Å². The lowest BCUT2D eigenvalue weighted by Crippen LogP contribution is -2.21. The molecule has 2 aromatic carbocycles. The summed E-state index contributed by atoms with van der Waals surface area (Å²) in [7, 11) is 0. The normalized spacial score (nSPS) is 24.2. The van der Waals surface area contributed by atoms with Crippen LogP contribution in [0.2, 0.25) is 0 Å². The maximum absolute atomic E-state index is 13.2. The summed E-state index contributed by atoms with van der Waals surface area (Å²) in [6.07, 6.45) is 1.47. The Bertz CT molecular complexity index is 904. The molecule has 0 bridgehead atoms. The van der Waals surface area contributed by atoms with Crippen LogP contribution >= 0.6 is 12.4 Å². The van der Waals surface area contributed by atoms with Crippen molar-refractivity contribution in [2.45, 2.75) is 26.1 Å². The SMILES string of the molecule is Cl.O=C(OCc1cccc(F)c1)C1CCC2C(C(=O)OCc3cccc(F)c3)C12. The molecule has 0 aliphatic heterocycles. The Morgan fingerprint density at radius 1 is 0.862 bits per heavy atom. The average Bonchev–Trinajstić information content (AvgIpc) is 3.23. The average molecular weight is 423 g/mol. The Kier molecular flexibility index (Phi) is 6.52. The molecule has 4 rings (SSSR count). The van der Waals surface area contributed by atoms with E-state index in [1.54, 1.807) is 24.3 Å². The standard InChI is InChI=1S/C22H20F2O4.ClH/c23-15-5-1-3-13(9-15)11-27-21(25)18-8-7-17-19(18)20(17)22(26)28-12-14-4-2-6-16(24)10-14;/h1-6,9-10,17-20H,7-8,11-12H2;1H. The Labute approximate surface area is 173 Å². The molecule has 0 N–H and O–H groups in total. The number of hydrogen-bond acceptors (Lipinski definition) is 4. The molecule has 0 aromatic heterocycles. The molecular weight excluding hydrogens is 402 g/mol. The van der Waals surface area contributed by atoms with Crippen LogP contribution in [-0.4, -0.2) is 11.9 Å². The third-order valence-corrected chi connectivity index (χ3v) is 5.62. The van der Waals surface area contributed by atoms with E-state index in [4.69, 9.17) is 9.47 Å². The van der Waals surface area contributed by atoms with Gasteiger partial charge < -0.3 is 9.47 Å². The zero-order valence-corrected chi connectivity index (χ0v) is 16.4. The molecule has 0 spiro atoms. The van der Waals surface area contributed by atoms with Crippen LogP contribution in [-0.2, 0) is 32.3 Å². The summed E-state index contributed by atoms with van der Waals surface area (Å²) in [5.74, 6) is -1.99. The van der Waals surface area contributed by atoms with E-state index in [9.17, 15) is 18.4 Å². The maximum Gasteiger partial charge on any atom is 0.309 e. The molecule has 2 aromatic rings. The van der Waals surface area contributed by atoms with Crippen molar-refractivity contribution < 1.29 is 27.8 Å². The van der Waals surface area contributed by atoms with Crippen molar-refractivity contribution in [3.05, 3.63) is 71.3 Å². The lowest BCUT2D eigenvalue weighted by atomic mass is 10.00. The number of esters is 2. The first kappa shape index (κ1) is 21.2. The molecule has 2 aliphatic carbocycles. The molecule has 29 heavy (non-hydrogen) atoms. The molecule has 2 fully saturated rings. The molecular formula is C22H21ClF2O4. The highest BCUT2D eigenvalue weighted by molar-refractivity contribution is 5.85. The highest BCUT2D eigenvalue weighted by Gasteiger charge is 2.64. The summed E-state index contributed by atoms with van der Waals surface area (Å²) < 4.78 is 37.1. The summed E-state index contributed by atoms with van der Waals surface area (Å²) in [5.41, 5.74) is 1.18. The van der Waals surface area contributed by atoms with Crippen LogP contribution < -0.4 is 0 Å². The van der Waals surface area contributed by atoms with Gasteiger partial charge in [0, 0.05) is 0 Å². The summed E-state index contributed by atoms with van der Waals surface area (Å²) in [5, 5.41) is 0. The minimum Gasteiger partial charge on any atom is -0.461 e. The molecule has 7 heteroatoms.